The predicted octanol–water partition coefficient (Wildman–Crippen LogP) is 5.57. The third-order valence-electron chi connectivity index (χ3n) is 4.23. The van der Waals surface area contributed by atoms with Crippen LogP contribution in [-0.4, -0.2) is 28.8 Å². The second kappa shape index (κ2) is 9.77. The Kier molecular flexibility index (Phi) is 7.37. The van der Waals surface area contributed by atoms with Crippen LogP contribution in [0.15, 0.2) is 54.0 Å². The zero-order valence-electron chi connectivity index (χ0n) is 16.1. The molecule has 0 saturated carbocycles. The van der Waals surface area contributed by atoms with Crippen LogP contribution in [0.2, 0.25) is 0 Å². The molecule has 0 N–H and O–H groups in total. The highest BCUT2D eigenvalue weighted by Gasteiger charge is 2.32. The summed E-state index contributed by atoms with van der Waals surface area (Å²) >= 11 is 8.96. The molecule has 3 rings (SSSR count). The summed E-state index contributed by atoms with van der Waals surface area (Å²) in [6.45, 7) is 6.57. The summed E-state index contributed by atoms with van der Waals surface area (Å²) in [5.41, 5.74) is 3.09. The second-order valence-corrected chi connectivity index (χ2v) is 9.23. The number of carbonyl (C=O) groups excluding carboxylic acids is 1. The van der Waals surface area contributed by atoms with Crippen LogP contribution in [0.25, 0.3) is 6.08 Å². The molecule has 1 aliphatic heterocycles. The maximum absolute atomic E-state index is 12.9. The SMILES string of the molecule is C=CCOc1c(I)cc(/C=C2\SC(=S)N(Cc3ccc(C)cc3)C2=O)cc1OC. The first-order chi connectivity index (χ1) is 13.9. The monoisotopic (exact) mass is 537 g/mol. The van der Waals surface area contributed by atoms with Crippen molar-refractivity contribution in [3.63, 3.8) is 0 Å². The maximum Gasteiger partial charge on any atom is 0.266 e. The predicted molar refractivity (Wildman–Crippen MR) is 131 cm³/mol. The van der Waals surface area contributed by atoms with Crippen molar-refractivity contribution in [3.8, 4) is 11.5 Å². The fourth-order valence-corrected chi connectivity index (χ4v) is 4.81. The molecule has 1 amide bonds. The zero-order valence-corrected chi connectivity index (χ0v) is 19.9. The highest BCUT2D eigenvalue weighted by atomic mass is 127. The van der Waals surface area contributed by atoms with Crippen molar-refractivity contribution in [2.45, 2.75) is 13.5 Å². The van der Waals surface area contributed by atoms with Gasteiger partial charge in [0.25, 0.3) is 5.91 Å². The number of thioether (sulfide) groups is 1. The Labute approximate surface area is 194 Å². The van der Waals surface area contributed by atoms with Crippen LogP contribution in [0.5, 0.6) is 11.5 Å². The van der Waals surface area contributed by atoms with Crippen LogP contribution in [0.1, 0.15) is 16.7 Å². The minimum atomic E-state index is -0.0819. The number of hydrogen-bond donors (Lipinski definition) is 0. The van der Waals surface area contributed by atoms with Crippen molar-refractivity contribution in [1.29, 1.82) is 0 Å². The standard InChI is InChI=1S/C22H20INO3S2/c1-4-9-27-20-17(23)10-16(11-18(20)26-3)12-19-21(25)24(22(28)29-19)13-15-7-5-14(2)6-8-15/h4-8,10-12H,1,9,13H2,2-3H3/b19-12-. The molecule has 150 valence electrons. The Bertz CT molecular complexity index is 986. The molecule has 29 heavy (non-hydrogen) atoms. The molecular formula is C22H20INO3S2. The van der Waals surface area contributed by atoms with Crippen LogP contribution in [0.3, 0.4) is 0 Å². The minimum absolute atomic E-state index is 0.0819. The van der Waals surface area contributed by atoms with Gasteiger partial charge in [-0.1, -0.05) is 66.5 Å². The van der Waals surface area contributed by atoms with E-state index in [-0.39, 0.29) is 5.91 Å². The van der Waals surface area contributed by atoms with E-state index in [0.717, 1.165) is 14.7 Å². The molecule has 0 atom stereocenters. The molecule has 0 spiro atoms. The van der Waals surface area contributed by atoms with Crippen molar-refractivity contribution >= 4 is 62.9 Å². The lowest BCUT2D eigenvalue weighted by Crippen LogP contribution is -2.27. The van der Waals surface area contributed by atoms with Gasteiger partial charge in [0.2, 0.25) is 0 Å². The van der Waals surface area contributed by atoms with E-state index < -0.39 is 0 Å². The van der Waals surface area contributed by atoms with Gasteiger partial charge in [-0.2, -0.15) is 0 Å². The van der Waals surface area contributed by atoms with Crippen LogP contribution >= 0.6 is 46.6 Å². The van der Waals surface area contributed by atoms with Gasteiger partial charge >= 0.3 is 0 Å². The quantitative estimate of drug-likeness (QED) is 0.200. The van der Waals surface area contributed by atoms with Gasteiger partial charge in [-0.05, 0) is 58.9 Å². The topological polar surface area (TPSA) is 38.8 Å². The number of ether oxygens (including phenoxy) is 2. The summed E-state index contributed by atoms with van der Waals surface area (Å²) in [5.74, 6) is 1.19. The molecule has 1 saturated heterocycles. The van der Waals surface area contributed by atoms with Gasteiger partial charge in [-0.25, -0.2) is 0 Å². The van der Waals surface area contributed by atoms with Crippen LogP contribution in [0, 0.1) is 10.5 Å². The zero-order chi connectivity index (χ0) is 21.0. The Morgan fingerprint density at radius 3 is 2.66 bits per heavy atom. The van der Waals surface area contributed by atoms with E-state index in [0.29, 0.717) is 33.9 Å². The Balaban J connectivity index is 1.84. The molecule has 0 aromatic heterocycles. The summed E-state index contributed by atoms with van der Waals surface area (Å²) in [7, 11) is 1.59. The van der Waals surface area contributed by atoms with Crippen LogP contribution in [0.4, 0.5) is 0 Å². The number of methoxy groups -OCH3 is 1. The molecule has 0 radical (unpaired) electrons. The van der Waals surface area contributed by atoms with E-state index >= 15 is 0 Å². The van der Waals surface area contributed by atoms with E-state index in [4.69, 9.17) is 21.7 Å². The van der Waals surface area contributed by atoms with Crippen molar-refractivity contribution in [2.24, 2.45) is 0 Å². The summed E-state index contributed by atoms with van der Waals surface area (Å²) in [6.07, 6.45) is 3.53. The van der Waals surface area contributed by atoms with Crippen molar-refractivity contribution in [1.82, 2.24) is 4.90 Å². The van der Waals surface area contributed by atoms with Gasteiger partial charge in [0.05, 0.1) is 22.1 Å². The molecule has 2 aromatic carbocycles. The highest BCUT2D eigenvalue weighted by Crippen LogP contribution is 2.37. The average molecular weight is 537 g/mol. The molecule has 0 bridgehead atoms. The number of aryl methyl sites for hydroxylation is 1. The van der Waals surface area contributed by atoms with Crippen LogP contribution in [-0.2, 0) is 11.3 Å². The van der Waals surface area contributed by atoms with Gasteiger partial charge in [0.15, 0.2) is 11.5 Å². The molecule has 2 aromatic rings. The normalized spacial score (nSPS) is 15.1. The Hall–Kier alpha value is -1.84. The van der Waals surface area contributed by atoms with Gasteiger partial charge in [-0.15, -0.1) is 0 Å². The van der Waals surface area contributed by atoms with Gasteiger partial charge in [0.1, 0.15) is 10.9 Å². The van der Waals surface area contributed by atoms with E-state index in [1.807, 2.05) is 49.4 Å². The third kappa shape index (κ3) is 5.21. The first-order valence-electron chi connectivity index (χ1n) is 8.85. The molecule has 1 fully saturated rings. The summed E-state index contributed by atoms with van der Waals surface area (Å²) in [4.78, 5) is 15.2. The third-order valence-corrected chi connectivity index (χ3v) is 6.41. The van der Waals surface area contributed by atoms with Crippen molar-refractivity contribution < 1.29 is 14.3 Å². The van der Waals surface area contributed by atoms with E-state index in [1.54, 1.807) is 18.1 Å². The average Bonchev–Trinajstić information content (AvgIpc) is 2.95. The molecular weight excluding hydrogens is 517 g/mol. The lowest BCUT2D eigenvalue weighted by atomic mass is 10.1. The number of thiocarbonyl (C=S) groups is 1. The van der Waals surface area contributed by atoms with E-state index in [9.17, 15) is 4.79 Å². The van der Waals surface area contributed by atoms with Gasteiger partial charge in [0, 0.05) is 0 Å². The maximum atomic E-state index is 12.9. The van der Waals surface area contributed by atoms with E-state index in [2.05, 4.69) is 29.2 Å². The number of nitrogens with zero attached hydrogens (tertiary/aromatic N) is 1. The molecule has 7 heteroatoms. The highest BCUT2D eigenvalue weighted by molar-refractivity contribution is 14.1. The molecule has 1 heterocycles. The number of rotatable bonds is 7. The van der Waals surface area contributed by atoms with Crippen molar-refractivity contribution in [3.05, 3.63) is 74.2 Å². The second-order valence-electron chi connectivity index (χ2n) is 6.39. The molecule has 0 unspecified atom stereocenters. The van der Waals surface area contributed by atoms with Gasteiger partial charge < -0.3 is 9.47 Å². The Morgan fingerprint density at radius 2 is 2.00 bits per heavy atom. The largest absolute Gasteiger partial charge is 0.493 e. The van der Waals surface area contributed by atoms with Crippen LogP contribution < -0.4 is 9.47 Å². The fourth-order valence-electron chi connectivity index (χ4n) is 2.77. The lowest BCUT2D eigenvalue weighted by Gasteiger charge is -2.14. The number of halogens is 1. The number of hydrogen-bond acceptors (Lipinski definition) is 5. The Morgan fingerprint density at radius 1 is 1.28 bits per heavy atom. The molecule has 0 aliphatic carbocycles. The smallest absolute Gasteiger partial charge is 0.266 e. The molecule has 4 nitrogen and oxygen atoms in total. The summed E-state index contributed by atoms with van der Waals surface area (Å²) < 4.78 is 12.6. The first kappa shape index (κ1) is 21.9. The van der Waals surface area contributed by atoms with E-state index in [1.165, 1.54) is 17.3 Å². The number of amides is 1. The lowest BCUT2D eigenvalue weighted by molar-refractivity contribution is -0.122. The minimum Gasteiger partial charge on any atom is -0.493 e. The molecule has 1 aliphatic rings. The summed E-state index contributed by atoms with van der Waals surface area (Å²) in [5, 5.41) is 0. The number of benzene rings is 2. The number of carbonyl (C=O) groups is 1. The van der Waals surface area contributed by atoms with Gasteiger partial charge in [-0.3, -0.25) is 9.69 Å². The fraction of sp³-hybridized carbons (Fsp3) is 0.182. The summed E-state index contributed by atoms with van der Waals surface area (Å²) in [6, 6.07) is 11.9. The van der Waals surface area contributed by atoms with Crippen molar-refractivity contribution in [2.75, 3.05) is 13.7 Å². The first-order valence-corrected chi connectivity index (χ1v) is 11.2.